The van der Waals surface area contributed by atoms with E-state index in [-0.39, 0.29) is 24.9 Å². The van der Waals surface area contributed by atoms with Gasteiger partial charge in [0.05, 0.1) is 17.6 Å². The number of ether oxygens (including phenoxy) is 2. The minimum absolute atomic E-state index is 0.196. The number of carbonyl (C=O) groups excluding carboxylic acids is 3. The molecule has 4 rings (SSSR count). The molecule has 10 nitrogen and oxygen atoms in total. The van der Waals surface area contributed by atoms with E-state index in [0.717, 1.165) is 11.1 Å². The molecule has 2 heterocycles. The molecule has 1 aliphatic heterocycles. The van der Waals surface area contributed by atoms with Gasteiger partial charge in [0.15, 0.2) is 0 Å². The quantitative estimate of drug-likeness (QED) is 0.267. The van der Waals surface area contributed by atoms with Gasteiger partial charge in [-0.1, -0.05) is 41.4 Å². The number of anilines is 1. The minimum atomic E-state index is -0.900. The zero-order valence-corrected chi connectivity index (χ0v) is 28.5. The van der Waals surface area contributed by atoms with E-state index in [0.29, 0.717) is 52.1 Å². The topological polar surface area (TPSA) is 137 Å². The molecule has 46 heavy (non-hydrogen) atoms. The van der Waals surface area contributed by atoms with Gasteiger partial charge < -0.3 is 20.5 Å². The Morgan fingerprint density at radius 2 is 1.59 bits per heavy atom. The number of aromatic nitrogens is 2. The van der Waals surface area contributed by atoms with E-state index in [1.165, 1.54) is 4.90 Å². The summed E-state index contributed by atoms with van der Waals surface area (Å²) >= 11 is 12.6. The number of hydrogen-bond acceptors (Lipinski definition) is 8. The number of nitrogens with two attached hydrogens (primary N) is 1. The molecule has 2 amide bonds. The molecule has 246 valence electrons. The highest BCUT2D eigenvalue weighted by atomic mass is 35.5. The third-order valence-electron chi connectivity index (χ3n) is 7.24. The van der Waals surface area contributed by atoms with E-state index in [4.69, 9.17) is 43.4 Å². The number of nitrogen functional groups attached to an aromatic ring is 1. The van der Waals surface area contributed by atoms with Crippen LogP contribution in [0, 0.1) is 0 Å². The summed E-state index contributed by atoms with van der Waals surface area (Å²) in [5.74, 6) is -0.517. The molecule has 0 saturated carbocycles. The van der Waals surface area contributed by atoms with Crippen LogP contribution in [0.25, 0.3) is 11.3 Å². The van der Waals surface area contributed by atoms with E-state index >= 15 is 0 Å². The van der Waals surface area contributed by atoms with Gasteiger partial charge in [-0.15, -0.1) is 0 Å². The summed E-state index contributed by atoms with van der Waals surface area (Å²) in [6, 6.07) is 11.1. The van der Waals surface area contributed by atoms with Gasteiger partial charge >= 0.3 is 12.1 Å². The predicted octanol–water partition coefficient (Wildman–Crippen LogP) is 6.66. The molecule has 0 radical (unpaired) electrons. The minimum Gasteiger partial charge on any atom is -0.458 e. The largest absolute Gasteiger partial charge is 0.458 e. The van der Waals surface area contributed by atoms with Crippen molar-refractivity contribution in [2.75, 3.05) is 12.3 Å². The van der Waals surface area contributed by atoms with Crippen LogP contribution in [0.15, 0.2) is 48.7 Å². The molecule has 0 bridgehead atoms. The molecule has 1 aliphatic rings. The summed E-state index contributed by atoms with van der Waals surface area (Å²) in [7, 11) is 0. The maximum Gasteiger partial charge on any atom is 0.411 e. The second kappa shape index (κ2) is 14.3. The van der Waals surface area contributed by atoms with Crippen LogP contribution < -0.4 is 11.1 Å². The second-order valence-corrected chi connectivity index (χ2v) is 14.1. The fourth-order valence-electron chi connectivity index (χ4n) is 5.06. The van der Waals surface area contributed by atoms with Crippen LogP contribution >= 0.6 is 23.2 Å². The summed E-state index contributed by atoms with van der Waals surface area (Å²) in [4.78, 5) is 49.8. The number of esters is 1. The van der Waals surface area contributed by atoms with E-state index in [2.05, 4.69) is 10.3 Å². The number of piperidine rings is 1. The van der Waals surface area contributed by atoms with E-state index < -0.39 is 29.3 Å². The van der Waals surface area contributed by atoms with Gasteiger partial charge in [0.1, 0.15) is 23.1 Å². The first-order chi connectivity index (χ1) is 21.5. The lowest BCUT2D eigenvalue weighted by Crippen LogP contribution is -2.56. The Bertz CT molecular complexity index is 1560. The Kier molecular flexibility index (Phi) is 10.8. The van der Waals surface area contributed by atoms with Crippen LogP contribution in [-0.2, 0) is 27.1 Å². The zero-order valence-electron chi connectivity index (χ0n) is 27.0. The standard InChI is InChI=1S/C34H41Cl2N5O5/c1-33(2,3)45-31(43)28-18-22(16-17-41(28)32(44)46-34(4,5)6)39-30(42)21-12-10-20(11-13-21)27-19-38-29(37)26(40-27)15-14-23-24(35)8-7-9-25(23)36/h7-13,19,22,28H,14-18H2,1-6H3,(H2,37,38)(H,39,42)/t22?,28-/m1/s1. The van der Waals surface area contributed by atoms with E-state index in [1.807, 2.05) is 0 Å². The second-order valence-electron chi connectivity index (χ2n) is 13.3. The van der Waals surface area contributed by atoms with Gasteiger partial charge in [-0.05, 0) is 97.1 Å². The van der Waals surface area contributed by atoms with Crippen LogP contribution in [0.5, 0.6) is 0 Å². The molecule has 2 aromatic carbocycles. The molecule has 1 unspecified atom stereocenters. The third-order valence-corrected chi connectivity index (χ3v) is 7.95. The highest BCUT2D eigenvalue weighted by Crippen LogP contribution is 2.28. The van der Waals surface area contributed by atoms with Crippen LogP contribution in [0.4, 0.5) is 10.6 Å². The van der Waals surface area contributed by atoms with Crippen LogP contribution in [0.1, 0.15) is 76.0 Å². The summed E-state index contributed by atoms with van der Waals surface area (Å²) in [6.45, 7) is 10.8. The number of halogens is 2. The lowest BCUT2D eigenvalue weighted by atomic mass is 9.96. The van der Waals surface area contributed by atoms with Gasteiger partial charge in [0, 0.05) is 33.8 Å². The Morgan fingerprint density at radius 3 is 2.20 bits per heavy atom. The zero-order chi connectivity index (χ0) is 33.8. The van der Waals surface area contributed by atoms with Gasteiger partial charge in [-0.2, -0.15) is 0 Å². The first kappa shape index (κ1) is 35.0. The van der Waals surface area contributed by atoms with Crippen molar-refractivity contribution in [3.8, 4) is 11.3 Å². The van der Waals surface area contributed by atoms with Crippen molar-refractivity contribution in [2.45, 2.75) is 90.5 Å². The maximum absolute atomic E-state index is 13.2. The summed E-state index contributed by atoms with van der Waals surface area (Å²) < 4.78 is 11.2. The highest BCUT2D eigenvalue weighted by Gasteiger charge is 2.41. The van der Waals surface area contributed by atoms with Crippen molar-refractivity contribution in [1.82, 2.24) is 20.2 Å². The SMILES string of the molecule is CC(C)(C)OC(=O)[C@H]1CC(NC(=O)c2ccc(-c3cnc(N)c(CCc4c(Cl)cccc4Cl)n3)cc2)CCN1C(=O)OC(C)(C)C. The van der Waals surface area contributed by atoms with Gasteiger partial charge in [-0.3, -0.25) is 9.69 Å². The Labute approximate surface area is 280 Å². The molecule has 1 saturated heterocycles. The van der Waals surface area contributed by atoms with Crippen molar-refractivity contribution in [2.24, 2.45) is 0 Å². The molecular formula is C34H41Cl2N5O5. The Balaban J connectivity index is 1.43. The molecule has 12 heteroatoms. The number of hydrogen-bond donors (Lipinski definition) is 2. The van der Waals surface area contributed by atoms with Crippen LogP contribution in [0.2, 0.25) is 10.0 Å². The lowest BCUT2D eigenvalue weighted by molar-refractivity contribution is -0.162. The summed E-state index contributed by atoms with van der Waals surface area (Å²) in [5.41, 5.74) is 7.89. The van der Waals surface area contributed by atoms with E-state index in [1.54, 1.807) is 90.2 Å². The third kappa shape index (κ3) is 9.33. The van der Waals surface area contributed by atoms with Crippen molar-refractivity contribution in [3.05, 3.63) is 75.5 Å². The average Bonchev–Trinajstić information content (AvgIpc) is 2.96. The first-order valence-electron chi connectivity index (χ1n) is 15.2. The van der Waals surface area contributed by atoms with Crippen LogP contribution in [-0.4, -0.2) is 62.7 Å². The summed E-state index contributed by atoms with van der Waals surface area (Å²) in [6.07, 6.45) is 2.68. The molecular weight excluding hydrogens is 629 g/mol. The smallest absolute Gasteiger partial charge is 0.411 e. The van der Waals surface area contributed by atoms with E-state index in [9.17, 15) is 14.4 Å². The molecule has 3 aromatic rings. The average molecular weight is 671 g/mol. The van der Waals surface area contributed by atoms with Gasteiger partial charge in [-0.25, -0.2) is 19.6 Å². The predicted molar refractivity (Wildman–Crippen MR) is 179 cm³/mol. The van der Waals surface area contributed by atoms with Gasteiger partial charge in [0.25, 0.3) is 5.91 Å². The molecule has 3 N–H and O–H groups in total. The summed E-state index contributed by atoms with van der Waals surface area (Å²) in [5, 5.41) is 4.18. The van der Waals surface area contributed by atoms with Gasteiger partial charge in [0.2, 0.25) is 0 Å². The van der Waals surface area contributed by atoms with Crippen molar-refractivity contribution >= 4 is 47.0 Å². The molecule has 0 aliphatic carbocycles. The number of likely N-dealkylation sites (tertiary alicyclic amines) is 1. The van der Waals surface area contributed by atoms with Crippen molar-refractivity contribution in [1.29, 1.82) is 0 Å². The van der Waals surface area contributed by atoms with Crippen LogP contribution in [0.3, 0.4) is 0 Å². The fourth-order valence-corrected chi connectivity index (χ4v) is 5.65. The fraction of sp³-hybridized carbons (Fsp3) is 0.441. The van der Waals surface area contributed by atoms with Crippen molar-refractivity contribution in [3.63, 3.8) is 0 Å². The number of nitrogens with zero attached hydrogens (tertiary/aromatic N) is 3. The number of nitrogens with one attached hydrogen (secondary N) is 1. The molecule has 0 spiro atoms. The molecule has 1 aromatic heterocycles. The number of aryl methyl sites for hydroxylation is 1. The number of rotatable bonds is 7. The monoisotopic (exact) mass is 669 g/mol. The highest BCUT2D eigenvalue weighted by molar-refractivity contribution is 6.36. The molecule has 1 fully saturated rings. The van der Waals surface area contributed by atoms with Crippen molar-refractivity contribution < 1.29 is 23.9 Å². The molecule has 2 atom stereocenters. The Morgan fingerprint density at radius 1 is 0.957 bits per heavy atom. The number of benzene rings is 2. The Hall–Kier alpha value is -3.89. The number of amides is 2. The maximum atomic E-state index is 13.2. The first-order valence-corrected chi connectivity index (χ1v) is 15.9. The number of carbonyl (C=O) groups is 3. The lowest BCUT2D eigenvalue weighted by Gasteiger charge is -2.39. The normalized spacial score (nSPS) is 16.9.